The number of hydrogen-bond acceptors (Lipinski definition) is 6. The fraction of sp³-hybridized carbons (Fsp3) is 0.286. The third kappa shape index (κ3) is 3.65. The van der Waals surface area contributed by atoms with Crippen LogP contribution in [-0.4, -0.2) is 31.1 Å². The quantitative estimate of drug-likeness (QED) is 0.261. The Morgan fingerprint density at radius 3 is 2.29 bits per heavy atom. The monoisotopic (exact) mass is 293 g/mol. The van der Waals surface area contributed by atoms with E-state index in [1.54, 1.807) is 6.07 Å². The zero-order chi connectivity index (χ0) is 16.0. The summed E-state index contributed by atoms with van der Waals surface area (Å²) < 4.78 is 9.19. The second kappa shape index (κ2) is 7.18. The van der Waals surface area contributed by atoms with Crippen molar-refractivity contribution in [3.63, 3.8) is 0 Å². The van der Waals surface area contributed by atoms with Gasteiger partial charge in [-0.05, 0) is 5.56 Å². The molecule has 0 spiro atoms. The Labute approximate surface area is 121 Å². The van der Waals surface area contributed by atoms with Crippen LogP contribution in [0.1, 0.15) is 11.5 Å². The van der Waals surface area contributed by atoms with Crippen LogP contribution in [0, 0.1) is 16.0 Å². The first-order valence-corrected chi connectivity index (χ1v) is 5.98. The lowest BCUT2D eigenvalue weighted by atomic mass is 9.85. The van der Waals surface area contributed by atoms with Gasteiger partial charge in [0, 0.05) is 18.1 Å². The van der Waals surface area contributed by atoms with Gasteiger partial charge in [0.05, 0.1) is 19.1 Å². The maximum atomic E-state index is 11.8. The minimum atomic E-state index is -1.26. The zero-order valence-corrected chi connectivity index (χ0v) is 11.6. The Morgan fingerprint density at radius 2 is 1.86 bits per heavy atom. The van der Waals surface area contributed by atoms with Gasteiger partial charge in [-0.2, -0.15) is 0 Å². The summed E-state index contributed by atoms with van der Waals surface area (Å²) in [5, 5.41) is 10.8. The van der Waals surface area contributed by atoms with E-state index in [0.29, 0.717) is 5.56 Å². The topological polar surface area (TPSA) is 95.7 Å². The lowest BCUT2D eigenvalue weighted by Gasteiger charge is -2.20. The van der Waals surface area contributed by atoms with E-state index in [0.717, 1.165) is 14.2 Å². The van der Waals surface area contributed by atoms with Crippen molar-refractivity contribution in [1.29, 1.82) is 0 Å². The van der Waals surface area contributed by atoms with Crippen molar-refractivity contribution in [2.75, 3.05) is 14.2 Å². The summed E-state index contributed by atoms with van der Waals surface area (Å²) >= 11 is 0. The van der Waals surface area contributed by atoms with Crippen LogP contribution >= 0.6 is 0 Å². The lowest BCUT2D eigenvalue weighted by molar-refractivity contribution is -0.384. The highest BCUT2D eigenvalue weighted by Gasteiger charge is 2.36. The first-order valence-electron chi connectivity index (χ1n) is 5.98. The van der Waals surface area contributed by atoms with E-state index in [2.05, 4.69) is 16.1 Å². The predicted octanol–water partition coefficient (Wildman–Crippen LogP) is 1.83. The van der Waals surface area contributed by atoms with Crippen LogP contribution in [0.2, 0.25) is 0 Å². The fourth-order valence-electron chi connectivity index (χ4n) is 1.95. The molecule has 7 heteroatoms. The summed E-state index contributed by atoms with van der Waals surface area (Å²) in [6.45, 7) is 3.58. The minimum absolute atomic E-state index is 0.146. The molecule has 1 aromatic rings. The fourth-order valence-corrected chi connectivity index (χ4v) is 1.95. The van der Waals surface area contributed by atoms with Gasteiger partial charge in [0.25, 0.3) is 5.69 Å². The standard InChI is InChI=1S/C14H15NO6/c1-4-11(12(13(16)20-2)14(17)21-3)9-6-5-7-10(8-9)15(18)19/h4-8,11-12H,1H2,2-3H3/t11-/m1/s1. The summed E-state index contributed by atoms with van der Waals surface area (Å²) in [5.74, 6) is -3.64. The first-order chi connectivity index (χ1) is 9.96. The molecule has 112 valence electrons. The number of allylic oxidation sites excluding steroid dienone is 1. The van der Waals surface area contributed by atoms with Gasteiger partial charge < -0.3 is 9.47 Å². The highest BCUT2D eigenvalue weighted by Crippen LogP contribution is 2.30. The van der Waals surface area contributed by atoms with Crippen molar-refractivity contribution in [3.8, 4) is 0 Å². The van der Waals surface area contributed by atoms with Crippen molar-refractivity contribution in [3.05, 3.63) is 52.6 Å². The molecule has 0 aliphatic heterocycles. The number of nitro groups is 1. The van der Waals surface area contributed by atoms with Crippen LogP contribution in [0.4, 0.5) is 5.69 Å². The van der Waals surface area contributed by atoms with E-state index in [9.17, 15) is 19.7 Å². The van der Waals surface area contributed by atoms with Gasteiger partial charge in [-0.25, -0.2) is 0 Å². The Hall–Kier alpha value is -2.70. The Bertz CT molecular complexity index is 552. The molecule has 1 rings (SSSR count). The van der Waals surface area contributed by atoms with Crippen molar-refractivity contribution < 1.29 is 24.0 Å². The third-order valence-corrected chi connectivity index (χ3v) is 2.99. The van der Waals surface area contributed by atoms with Crippen LogP contribution < -0.4 is 0 Å². The van der Waals surface area contributed by atoms with Crippen molar-refractivity contribution >= 4 is 17.6 Å². The molecule has 0 amide bonds. The molecule has 0 saturated carbocycles. The van der Waals surface area contributed by atoms with Crippen molar-refractivity contribution in [2.45, 2.75) is 5.92 Å². The average molecular weight is 293 g/mol. The highest BCUT2D eigenvalue weighted by atomic mass is 16.6. The number of esters is 2. The number of rotatable bonds is 6. The second-order valence-electron chi connectivity index (χ2n) is 4.14. The van der Waals surface area contributed by atoms with E-state index < -0.39 is 28.7 Å². The van der Waals surface area contributed by atoms with E-state index in [1.807, 2.05) is 0 Å². The number of methoxy groups -OCH3 is 2. The molecule has 0 saturated heterocycles. The lowest BCUT2D eigenvalue weighted by Crippen LogP contribution is -2.31. The maximum absolute atomic E-state index is 11.8. The molecular weight excluding hydrogens is 278 g/mol. The molecule has 0 aliphatic carbocycles. The molecular formula is C14H15NO6. The molecule has 0 aromatic heterocycles. The van der Waals surface area contributed by atoms with Gasteiger partial charge in [0.15, 0.2) is 5.92 Å². The number of non-ortho nitro benzene ring substituents is 1. The molecule has 0 unspecified atom stereocenters. The maximum Gasteiger partial charge on any atom is 0.321 e. The molecule has 1 atom stereocenters. The Kier molecular flexibility index (Phi) is 5.59. The van der Waals surface area contributed by atoms with Crippen LogP contribution in [0.3, 0.4) is 0 Å². The number of hydrogen-bond donors (Lipinski definition) is 0. The van der Waals surface area contributed by atoms with E-state index in [4.69, 9.17) is 0 Å². The molecule has 0 heterocycles. The molecule has 21 heavy (non-hydrogen) atoms. The summed E-state index contributed by atoms with van der Waals surface area (Å²) in [6.07, 6.45) is 1.36. The Morgan fingerprint density at radius 1 is 1.29 bits per heavy atom. The molecule has 0 aliphatic rings. The minimum Gasteiger partial charge on any atom is -0.468 e. The van der Waals surface area contributed by atoms with E-state index >= 15 is 0 Å². The molecule has 0 bridgehead atoms. The van der Waals surface area contributed by atoms with Crippen LogP contribution in [0.25, 0.3) is 0 Å². The van der Waals surface area contributed by atoms with Gasteiger partial charge in [-0.15, -0.1) is 6.58 Å². The van der Waals surface area contributed by atoms with E-state index in [1.165, 1.54) is 24.3 Å². The van der Waals surface area contributed by atoms with Crippen molar-refractivity contribution in [1.82, 2.24) is 0 Å². The largest absolute Gasteiger partial charge is 0.468 e. The van der Waals surface area contributed by atoms with Crippen molar-refractivity contribution in [2.24, 2.45) is 5.92 Å². The summed E-state index contributed by atoms with van der Waals surface area (Å²) in [7, 11) is 2.29. The number of carbonyl (C=O) groups excluding carboxylic acids is 2. The van der Waals surface area contributed by atoms with Gasteiger partial charge in [-0.3, -0.25) is 19.7 Å². The summed E-state index contributed by atoms with van der Waals surface area (Å²) in [4.78, 5) is 33.9. The number of carbonyl (C=O) groups is 2. The Balaban J connectivity index is 3.28. The van der Waals surface area contributed by atoms with Gasteiger partial charge in [0.2, 0.25) is 0 Å². The highest BCUT2D eigenvalue weighted by molar-refractivity contribution is 5.96. The molecule has 0 radical (unpaired) electrons. The molecule has 1 aromatic carbocycles. The summed E-state index contributed by atoms with van der Waals surface area (Å²) in [5.41, 5.74) is 0.257. The normalized spacial score (nSPS) is 11.6. The smallest absolute Gasteiger partial charge is 0.321 e. The van der Waals surface area contributed by atoms with E-state index in [-0.39, 0.29) is 5.69 Å². The first kappa shape index (κ1) is 16.4. The molecule has 7 nitrogen and oxygen atoms in total. The number of nitro benzene ring substituents is 1. The van der Waals surface area contributed by atoms with Gasteiger partial charge >= 0.3 is 11.9 Å². The molecule has 0 N–H and O–H groups in total. The number of nitrogens with zero attached hydrogens (tertiary/aromatic N) is 1. The SMILES string of the molecule is C=C[C@H](c1cccc([N+](=O)[O-])c1)C(C(=O)OC)C(=O)OC. The second-order valence-corrected chi connectivity index (χ2v) is 4.14. The zero-order valence-electron chi connectivity index (χ0n) is 11.6. The predicted molar refractivity (Wildman–Crippen MR) is 73.6 cm³/mol. The number of benzene rings is 1. The third-order valence-electron chi connectivity index (χ3n) is 2.99. The average Bonchev–Trinajstić information content (AvgIpc) is 2.51. The van der Waals surface area contributed by atoms with Gasteiger partial charge in [-0.1, -0.05) is 18.2 Å². The number of ether oxygens (including phenoxy) is 2. The van der Waals surface area contributed by atoms with Crippen LogP contribution in [0.15, 0.2) is 36.9 Å². The molecule has 0 fully saturated rings. The van der Waals surface area contributed by atoms with Crippen LogP contribution in [-0.2, 0) is 19.1 Å². The summed E-state index contributed by atoms with van der Waals surface area (Å²) in [6, 6.07) is 5.63. The van der Waals surface area contributed by atoms with Gasteiger partial charge in [0.1, 0.15) is 0 Å². The van der Waals surface area contributed by atoms with Crippen LogP contribution in [0.5, 0.6) is 0 Å².